The Morgan fingerprint density at radius 1 is 1.75 bits per heavy atom. The van der Waals surface area contributed by atoms with E-state index >= 15 is 0 Å². The fourth-order valence-electron chi connectivity index (χ4n) is 1.41. The van der Waals surface area contributed by atoms with Crippen molar-refractivity contribution >= 4 is 5.91 Å². The molecule has 4 nitrogen and oxygen atoms in total. The van der Waals surface area contributed by atoms with Crippen LogP contribution < -0.4 is 5.73 Å². The molecule has 12 heavy (non-hydrogen) atoms. The predicted molar refractivity (Wildman–Crippen MR) is 45.5 cm³/mol. The van der Waals surface area contributed by atoms with E-state index in [1.165, 1.54) is 0 Å². The molecule has 1 unspecified atom stereocenters. The average Bonchev–Trinajstić information content (AvgIpc) is 1.99. The minimum absolute atomic E-state index is 0.00606. The van der Waals surface area contributed by atoms with Crippen molar-refractivity contribution in [3.05, 3.63) is 0 Å². The lowest BCUT2D eigenvalue weighted by atomic mass is 9.92. The van der Waals surface area contributed by atoms with Gasteiger partial charge < -0.3 is 15.7 Å². The number of aliphatic hydroxyl groups excluding tert-OH is 1. The second-order valence-electron chi connectivity index (χ2n) is 3.84. The van der Waals surface area contributed by atoms with Crippen molar-refractivity contribution < 1.29 is 9.90 Å². The van der Waals surface area contributed by atoms with Gasteiger partial charge in [0.2, 0.25) is 5.91 Å². The van der Waals surface area contributed by atoms with E-state index in [-0.39, 0.29) is 24.1 Å². The molecule has 3 N–H and O–H groups in total. The third kappa shape index (κ3) is 1.44. The maximum absolute atomic E-state index is 11.2. The van der Waals surface area contributed by atoms with Crippen molar-refractivity contribution in [1.29, 1.82) is 0 Å². The SMILES string of the molecule is CC(C)(CCO)N1CC(N)C1=O. The number of hydrogen-bond acceptors (Lipinski definition) is 3. The van der Waals surface area contributed by atoms with Crippen molar-refractivity contribution in [2.75, 3.05) is 13.2 Å². The lowest BCUT2D eigenvalue weighted by molar-refractivity contribution is -0.150. The Morgan fingerprint density at radius 3 is 2.67 bits per heavy atom. The van der Waals surface area contributed by atoms with Crippen LogP contribution in [0.1, 0.15) is 20.3 Å². The maximum Gasteiger partial charge on any atom is 0.241 e. The Balaban J connectivity index is 2.53. The summed E-state index contributed by atoms with van der Waals surface area (Å²) in [5.41, 5.74) is 5.20. The Hall–Kier alpha value is -0.610. The van der Waals surface area contributed by atoms with Crippen molar-refractivity contribution in [1.82, 2.24) is 4.90 Å². The second kappa shape index (κ2) is 3.03. The largest absolute Gasteiger partial charge is 0.396 e. The molecule has 1 aliphatic heterocycles. The highest BCUT2D eigenvalue weighted by molar-refractivity contribution is 5.88. The smallest absolute Gasteiger partial charge is 0.241 e. The van der Waals surface area contributed by atoms with E-state index in [1.54, 1.807) is 4.90 Å². The van der Waals surface area contributed by atoms with Crippen LogP contribution in [0.2, 0.25) is 0 Å². The first-order chi connectivity index (χ1) is 5.49. The molecular formula is C8H16N2O2. The van der Waals surface area contributed by atoms with Gasteiger partial charge in [-0.3, -0.25) is 4.79 Å². The van der Waals surface area contributed by atoms with Crippen molar-refractivity contribution in [3.8, 4) is 0 Å². The number of rotatable bonds is 3. The average molecular weight is 172 g/mol. The van der Waals surface area contributed by atoms with E-state index in [0.717, 1.165) is 0 Å². The van der Waals surface area contributed by atoms with Gasteiger partial charge in [0.25, 0.3) is 0 Å². The Bertz CT molecular complexity index is 191. The summed E-state index contributed by atoms with van der Waals surface area (Å²) >= 11 is 0. The monoisotopic (exact) mass is 172 g/mol. The Labute approximate surface area is 72.3 Å². The highest BCUT2D eigenvalue weighted by atomic mass is 16.3. The number of likely N-dealkylation sites (tertiary alicyclic amines) is 1. The van der Waals surface area contributed by atoms with Crippen LogP contribution in [0.15, 0.2) is 0 Å². The molecule has 0 saturated carbocycles. The molecule has 1 amide bonds. The van der Waals surface area contributed by atoms with Gasteiger partial charge in [-0.25, -0.2) is 0 Å². The first-order valence-electron chi connectivity index (χ1n) is 4.17. The van der Waals surface area contributed by atoms with Gasteiger partial charge >= 0.3 is 0 Å². The van der Waals surface area contributed by atoms with E-state index in [9.17, 15) is 4.79 Å². The molecule has 0 aromatic carbocycles. The van der Waals surface area contributed by atoms with Crippen LogP contribution in [-0.2, 0) is 4.79 Å². The number of aliphatic hydroxyl groups is 1. The lowest BCUT2D eigenvalue weighted by Crippen LogP contribution is -2.67. The van der Waals surface area contributed by atoms with Crippen molar-refractivity contribution in [2.45, 2.75) is 31.8 Å². The number of nitrogens with two attached hydrogens (primary N) is 1. The number of nitrogens with zero attached hydrogens (tertiary/aromatic N) is 1. The Morgan fingerprint density at radius 2 is 2.33 bits per heavy atom. The molecule has 1 saturated heterocycles. The highest BCUT2D eigenvalue weighted by Crippen LogP contribution is 2.24. The molecule has 4 heteroatoms. The van der Waals surface area contributed by atoms with Crippen molar-refractivity contribution in [3.63, 3.8) is 0 Å². The van der Waals surface area contributed by atoms with Crippen LogP contribution in [0, 0.1) is 0 Å². The molecule has 1 aliphatic rings. The first kappa shape index (κ1) is 9.48. The summed E-state index contributed by atoms with van der Waals surface area (Å²) < 4.78 is 0. The van der Waals surface area contributed by atoms with Gasteiger partial charge in [0.1, 0.15) is 6.04 Å². The van der Waals surface area contributed by atoms with E-state index in [2.05, 4.69) is 0 Å². The van der Waals surface area contributed by atoms with Gasteiger partial charge in [0.05, 0.1) is 0 Å². The van der Waals surface area contributed by atoms with Gasteiger partial charge in [-0.15, -0.1) is 0 Å². The number of hydrogen-bond donors (Lipinski definition) is 2. The summed E-state index contributed by atoms with van der Waals surface area (Å²) in [6.45, 7) is 4.60. The number of carbonyl (C=O) groups excluding carboxylic acids is 1. The molecule has 70 valence electrons. The molecule has 1 fully saturated rings. The molecule has 1 rings (SSSR count). The minimum atomic E-state index is -0.317. The fourth-order valence-corrected chi connectivity index (χ4v) is 1.41. The van der Waals surface area contributed by atoms with Gasteiger partial charge in [-0.05, 0) is 20.3 Å². The summed E-state index contributed by atoms with van der Waals surface area (Å²) in [7, 11) is 0. The lowest BCUT2D eigenvalue weighted by Gasteiger charge is -2.47. The fraction of sp³-hybridized carbons (Fsp3) is 0.875. The van der Waals surface area contributed by atoms with Crippen LogP contribution in [0.25, 0.3) is 0 Å². The van der Waals surface area contributed by atoms with Crippen LogP contribution in [0.5, 0.6) is 0 Å². The van der Waals surface area contributed by atoms with E-state index < -0.39 is 0 Å². The molecule has 0 aliphatic carbocycles. The maximum atomic E-state index is 11.2. The molecule has 0 spiro atoms. The van der Waals surface area contributed by atoms with E-state index in [0.29, 0.717) is 13.0 Å². The molecule has 1 heterocycles. The molecule has 0 aromatic rings. The van der Waals surface area contributed by atoms with Crippen LogP contribution >= 0.6 is 0 Å². The third-order valence-corrected chi connectivity index (χ3v) is 2.42. The summed E-state index contributed by atoms with van der Waals surface area (Å²) in [5.74, 6) is -0.00606. The summed E-state index contributed by atoms with van der Waals surface area (Å²) in [5, 5.41) is 8.75. The van der Waals surface area contributed by atoms with Crippen LogP contribution in [-0.4, -0.2) is 40.6 Å². The van der Waals surface area contributed by atoms with E-state index in [1.807, 2.05) is 13.8 Å². The highest BCUT2D eigenvalue weighted by Gasteiger charge is 2.42. The zero-order valence-electron chi connectivity index (χ0n) is 7.58. The number of amides is 1. The zero-order chi connectivity index (χ0) is 9.35. The minimum Gasteiger partial charge on any atom is -0.396 e. The van der Waals surface area contributed by atoms with Crippen LogP contribution in [0.3, 0.4) is 0 Å². The number of β-lactam (4-membered cyclic amide) rings is 1. The quantitative estimate of drug-likeness (QED) is 0.554. The van der Waals surface area contributed by atoms with Crippen LogP contribution in [0.4, 0.5) is 0 Å². The standard InChI is InChI=1S/C8H16N2O2/c1-8(2,3-4-11)10-5-6(9)7(10)12/h6,11H,3-5,9H2,1-2H3. The molecule has 0 radical (unpaired) electrons. The molecular weight excluding hydrogens is 156 g/mol. The summed E-state index contributed by atoms with van der Waals surface area (Å²) in [6, 6.07) is -0.317. The summed E-state index contributed by atoms with van der Waals surface area (Å²) in [6.07, 6.45) is 0.603. The van der Waals surface area contributed by atoms with E-state index in [4.69, 9.17) is 10.8 Å². The number of carbonyl (C=O) groups is 1. The van der Waals surface area contributed by atoms with Gasteiger partial charge in [0.15, 0.2) is 0 Å². The molecule has 0 bridgehead atoms. The van der Waals surface area contributed by atoms with Gasteiger partial charge in [-0.1, -0.05) is 0 Å². The topological polar surface area (TPSA) is 66.6 Å². The van der Waals surface area contributed by atoms with Gasteiger partial charge in [-0.2, -0.15) is 0 Å². The third-order valence-electron chi connectivity index (χ3n) is 2.42. The Kier molecular flexibility index (Phi) is 2.39. The normalized spacial score (nSPS) is 24.2. The van der Waals surface area contributed by atoms with Crippen molar-refractivity contribution in [2.24, 2.45) is 5.73 Å². The molecule has 1 atom stereocenters. The second-order valence-corrected chi connectivity index (χ2v) is 3.84. The predicted octanol–water partition coefficient (Wildman–Crippen LogP) is -0.683. The van der Waals surface area contributed by atoms with Gasteiger partial charge in [0, 0.05) is 18.7 Å². The summed E-state index contributed by atoms with van der Waals surface area (Å²) in [4.78, 5) is 12.9. The zero-order valence-corrected chi connectivity index (χ0v) is 7.58. The first-order valence-corrected chi connectivity index (χ1v) is 4.17. The molecule has 0 aromatic heterocycles.